The smallest absolute Gasteiger partial charge is 0.154 e. The number of hydrogen-bond donors (Lipinski definition) is 2. The van der Waals surface area contributed by atoms with Crippen molar-refractivity contribution < 1.29 is 10.2 Å². The van der Waals surface area contributed by atoms with Gasteiger partial charge in [-0.25, -0.2) is 4.98 Å². The quantitative estimate of drug-likeness (QED) is 0.167. The van der Waals surface area contributed by atoms with Crippen LogP contribution in [0.4, 0.5) is 0 Å². The summed E-state index contributed by atoms with van der Waals surface area (Å²) < 4.78 is 1.96. The van der Waals surface area contributed by atoms with Gasteiger partial charge in [0, 0.05) is 17.0 Å². The van der Waals surface area contributed by atoms with Crippen LogP contribution in [0.25, 0.3) is 49.8 Å². The lowest BCUT2D eigenvalue weighted by Crippen LogP contribution is -2.66. The van der Waals surface area contributed by atoms with E-state index in [0.29, 0.717) is 5.82 Å². The maximum absolute atomic E-state index is 11.6. The van der Waals surface area contributed by atoms with Gasteiger partial charge in [-0.05, 0) is 84.4 Å². The van der Waals surface area contributed by atoms with Gasteiger partial charge in [0.25, 0.3) is 0 Å². The lowest BCUT2D eigenvalue weighted by Gasteiger charge is -2.36. The minimum absolute atomic E-state index is 0.155. The van der Waals surface area contributed by atoms with Crippen molar-refractivity contribution in [2.24, 2.45) is 5.92 Å². The first-order valence-electron chi connectivity index (χ1n) is 20.5. The van der Waals surface area contributed by atoms with Gasteiger partial charge >= 0.3 is 0 Å². The lowest BCUT2D eigenvalue weighted by molar-refractivity contribution is -0.00426. The second-order valence-corrected chi connectivity index (χ2v) is 17.4. The van der Waals surface area contributed by atoms with Crippen molar-refractivity contribution in [3.63, 3.8) is 0 Å². The minimum Gasteiger partial charge on any atom is -0.405 e. The van der Waals surface area contributed by atoms with E-state index in [2.05, 4.69) is 146 Å². The summed E-state index contributed by atoms with van der Waals surface area (Å²) in [6, 6.07) is 41.0. The van der Waals surface area contributed by atoms with Crippen LogP contribution in [0.5, 0.6) is 0 Å². The Morgan fingerprint density at radius 3 is 1.79 bits per heavy atom. The Hall–Kier alpha value is -5.16. The lowest BCUT2D eigenvalue weighted by atomic mass is 9.49. The molecule has 2 N–H and O–H groups in total. The molecule has 0 saturated carbocycles. The van der Waals surface area contributed by atoms with Gasteiger partial charge in [0.2, 0.25) is 0 Å². The van der Waals surface area contributed by atoms with E-state index in [-0.39, 0.29) is 5.92 Å². The number of nitrogens with zero attached hydrogens (tertiary/aromatic N) is 2. The van der Waals surface area contributed by atoms with Gasteiger partial charge < -0.3 is 10.2 Å². The highest BCUT2D eigenvalue weighted by Crippen LogP contribution is 2.48. The minimum atomic E-state index is -1.60. The zero-order valence-corrected chi connectivity index (χ0v) is 35.3. The van der Waals surface area contributed by atoms with Crippen LogP contribution in [-0.4, -0.2) is 104 Å². The first kappa shape index (κ1) is 38.4. The molecule has 0 fully saturated rings. The van der Waals surface area contributed by atoms with Crippen LogP contribution >= 0.6 is 0 Å². The number of benzene rings is 6. The first-order chi connectivity index (χ1) is 27.6. The van der Waals surface area contributed by atoms with Gasteiger partial charge in [-0.15, -0.1) is 21.9 Å². The number of para-hydroxylation sites is 2. The molecule has 2 atom stereocenters. The van der Waals surface area contributed by atoms with Crippen LogP contribution in [0.1, 0.15) is 17.0 Å². The maximum atomic E-state index is 11.6. The largest absolute Gasteiger partial charge is 0.405 e. The third kappa shape index (κ3) is 5.62. The summed E-state index contributed by atoms with van der Waals surface area (Å²) in [6.07, 6.45) is 0. The molecular weight excluding hydrogens is 697 g/mol. The molecule has 0 bridgehead atoms. The number of hydrogen-bond acceptors (Lipinski definition) is 3. The van der Waals surface area contributed by atoms with Crippen LogP contribution in [0.3, 0.4) is 0 Å². The molecule has 1 heterocycles. The highest BCUT2D eigenvalue weighted by molar-refractivity contribution is 6.62. The summed E-state index contributed by atoms with van der Waals surface area (Å²) >= 11 is 0. The molecule has 0 radical (unpaired) electrons. The second-order valence-electron chi connectivity index (χ2n) is 17.4. The molecule has 270 valence electrons. The monoisotopic (exact) mass is 740 g/mol. The predicted octanol–water partition coefficient (Wildman–Crippen LogP) is -6.02. The van der Waals surface area contributed by atoms with E-state index in [4.69, 9.17) is 4.98 Å². The van der Waals surface area contributed by atoms with E-state index in [1.165, 1.54) is 87.3 Å². The molecule has 0 amide bonds. The van der Waals surface area contributed by atoms with Crippen molar-refractivity contribution in [2.45, 2.75) is 10.9 Å². The fourth-order valence-corrected chi connectivity index (χ4v) is 9.65. The molecule has 0 saturated heterocycles. The SMILES string of the molecule is BC1=C(B)C2C(=C1B)C(c1ccc(-c3ccc(-n4c(C(B)(O)C(B)(B)O)nc5ccccc54)cc3)cc1)=c1c(B)c(B)c(B)c(B)c1=C2c1cccc2ccccc12. The van der Waals surface area contributed by atoms with Crippen LogP contribution in [-0.2, 0) is 5.50 Å². The molecule has 6 aromatic carbocycles. The molecule has 58 heavy (non-hydrogen) atoms. The van der Waals surface area contributed by atoms with Gasteiger partial charge in [0.1, 0.15) is 81.9 Å². The molecule has 4 nitrogen and oxygen atoms in total. The van der Waals surface area contributed by atoms with Crippen LogP contribution in [0.2, 0.25) is 0 Å². The first-order valence-corrected chi connectivity index (χ1v) is 20.5. The van der Waals surface area contributed by atoms with Gasteiger partial charge in [0.15, 0.2) is 7.85 Å². The van der Waals surface area contributed by atoms with Gasteiger partial charge in [-0.2, -0.15) is 0 Å². The summed E-state index contributed by atoms with van der Waals surface area (Å²) in [6.45, 7) is 0. The zero-order chi connectivity index (χ0) is 41.0. The van der Waals surface area contributed by atoms with E-state index in [1.807, 2.05) is 28.8 Å². The third-order valence-electron chi connectivity index (χ3n) is 13.9. The van der Waals surface area contributed by atoms with Crippen molar-refractivity contribution in [1.82, 2.24) is 9.55 Å². The number of imidazole rings is 1. The van der Waals surface area contributed by atoms with Gasteiger partial charge in [-0.1, -0.05) is 107 Å². The molecule has 0 aliphatic heterocycles. The average molecular weight is 739 g/mol. The van der Waals surface area contributed by atoms with E-state index in [9.17, 15) is 10.2 Å². The summed E-state index contributed by atoms with van der Waals surface area (Å²) in [5.74, 6) is 0.553. The molecule has 0 spiro atoms. The van der Waals surface area contributed by atoms with E-state index >= 15 is 0 Å². The van der Waals surface area contributed by atoms with Gasteiger partial charge in [-0.3, -0.25) is 4.57 Å². The number of rotatable bonds is 6. The van der Waals surface area contributed by atoms with Crippen molar-refractivity contribution in [3.05, 3.63) is 165 Å². The highest BCUT2D eigenvalue weighted by atomic mass is 16.3. The second kappa shape index (κ2) is 13.7. The van der Waals surface area contributed by atoms with Crippen LogP contribution < -0.4 is 32.3 Å². The van der Waals surface area contributed by atoms with E-state index < -0.39 is 10.9 Å². The summed E-state index contributed by atoms with van der Waals surface area (Å²) in [4.78, 5) is 4.81. The Bertz CT molecular complexity index is 3090. The third-order valence-corrected chi connectivity index (χ3v) is 13.9. The Kier molecular flexibility index (Phi) is 9.07. The Labute approximate surface area is 349 Å². The summed E-state index contributed by atoms with van der Waals surface area (Å²) in [5.41, 5.74) is 19.5. The van der Waals surface area contributed by atoms with Crippen molar-refractivity contribution in [1.29, 1.82) is 0 Å². The average Bonchev–Trinajstić information content (AvgIpc) is 3.72. The van der Waals surface area contributed by atoms with Crippen LogP contribution in [0.15, 0.2) is 137 Å². The van der Waals surface area contributed by atoms with Crippen molar-refractivity contribution >= 4 is 133 Å². The molecular formula is C44H42B10N2O2. The number of fused-ring (bicyclic) bond motifs is 4. The molecule has 1 aromatic heterocycles. The molecule has 9 rings (SSSR count). The van der Waals surface area contributed by atoms with Crippen molar-refractivity contribution in [3.8, 4) is 16.8 Å². The Morgan fingerprint density at radius 1 is 0.552 bits per heavy atom. The topological polar surface area (TPSA) is 58.3 Å². The normalized spacial score (nSPS) is 16.6. The number of aromatic nitrogens is 2. The van der Waals surface area contributed by atoms with Crippen LogP contribution in [0, 0.1) is 5.92 Å². The molecule has 14 heteroatoms. The zero-order valence-electron chi connectivity index (χ0n) is 35.3. The maximum Gasteiger partial charge on any atom is 0.154 e. The van der Waals surface area contributed by atoms with E-state index in [1.54, 1.807) is 23.5 Å². The fraction of sp³-hybridized carbons (Fsp3) is 0.0682. The summed E-state index contributed by atoms with van der Waals surface area (Å²) in [7, 11) is 21.1. The van der Waals surface area contributed by atoms with E-state index in [0.717, 1.165) is 27.8 Å². The molecule has 2 aliphatic carbocycles. The fourth-order valence-electron chi connectivity index (χ4n) is 9.65. The number of aliphatic hydroxyl groups is 2. The van der Waals surface area contributed by atoms with Gasteiger partial charge in [0.05, 0.1) is 11.0 Å². The highest BCUT2D eigenvalue weighted by Gasteiger charge is 2.43. The predicted molar refractivity (Wildman–Crippen MR) is 272 cm³/mol. The van der Waals surface area contributed by atoms with Crippen molar-refractivity contribution in [2.75, 3.05) is 0 Å². The Morgan fingerprint density at radius 2 is 1.12 bits per heavy atom. The molecule has 2 aliphatic rings. The molecule has 7 aromatic rings. The number of allylic oxidation sites excluding steroid dienone is 4. The standard InChI is InChI=1S/C44H42B10N2O2/c45-35-31-29(32-34(38(48)41(51)40(50)36(32)46)30(33(31)37(47)39(35)49)26-9-5-7-22-6-1-2-8-25(22)26)23-14-12-20(13-15-23)21-16-18-24(19-17-21)56-28-11-4-3-10-27(28)55-42(56)43(52,57)44(53,54)58/h1-19,33,57-58H,45-54H2. The molecule has 2 unspecified atom stereocenters. The summed E-state index contributed by atoms with van der Waals surface area (Å²) in [5, 5.41) is 26.5. The Balaban J connectivity index is 1.23.